The third-order valence-corrected chi connectivity index (χ3v) is 4.82. The first-order valence-electron chi connectivity index (χ1n) is 7.93. The van der Waals surface area contributed by atoms with Crippen LogP contribution >= 0.6 is 0 Å². The van der Waals surface area contributed by atoms with Gasteiger partial charge in [-0.3, -0.25) is 4.84 Å². The Hall–Kier alpha value is -0.900. The Balaban J connectivity index is 1.94. The number of hydrogen-bond donors (Lipinski definition) is 2. The largest absolute Gasteiger partial charge is 0.387 e. The van der Waals surface area contributed by atoms with E-state index >= 15 is 0 Å². The van der Waals surface area contributed by atoms with Gasteiger partial charge in [0.25, 0.3) is 0 Å². The van der Waals surface area contributed by atoms with E-state index in [9.17, 15) is 5.11 Å². The van der Waals surface area contributed by atoms with Gasteiger partial charge in [0.15, 0.2) is 0 Å². The van der Waals surface area contributed by atoms with Gasteiger partial charge in [-0.25, -0.2) is 0 Å². The van der Waals surface area contributed by atoms with Crippen molar-refractivity contribution in [3.05, 3.63) is 34.9 Å². The molecule has 0 fully saturated rings. The van der Waals surface area contributed by atoms with E-state index < -0.39 is 11.2 Å². The summed E-state index contributed by atoms with van der Waals surface area (Å²) in [5.74, 6) is 0.783. The van der Waals surface area contributed by atoms with Crippen LogP contribution < -0.4 is 5.48 Å². The van der Waals surface area contributed by atoms with Crippen LogP contribution in [0, 0.1) is 5.92 Å². The standard InChI is InChI=1S/C18H29NO2/c1-13-6-8-15-9-7-14(11-16(15)10-13)12-19-21-18(4,5)17(2,3)20/h7,9,11,13,19-20H,6,8,10,12H2,1-5H3. The first-order chi connectivity index (χ1) is 9.69. The van der Waals surface area contributed by atoms with Crippen molar-refractivity contribution in [1.82, 2.24) is 5.48 Å². The van der Waals surface area contributed by atoms with Crippen LogP contribution in [0.25, 0.3) is 0 Å². The normalized spacial score (nSPS) is 19.4. The number of hydrogen-bond acceptors (Lipinski definition) is 3. The predicted molar refractivity (Wildman–Crippen MR) is 85.9 cm³/mol. The van der Waals surface area contributed by atoms with Gasteiger partial charge in [0.05, 0.1) is 5.60 Å². The Morgan fingerprint density at radius 3 is 2.62 bits per heavy atom. The van der Waals surface area contributed by atoms with Crippen molar-refractivity contribution in [1.29, 1.82) is 0 Å². The zero-order chi connectivity index (χ0) is 15.7. The van der Waals surface area contributed by atoms with E-state index in [0.29, 0.717) is 6.54 Å². The zero-order valence-electron chi connectivity index (χ0n) is 14.0. The molecule has 0 saturated carbocycles. The number of aliphatic hydroxyl groups is 1. The van der Waals surface area contributed by atoms with Gasteiger partial charge in [0, 0.05) is 6.54 Å². The average molecular weight is 291 g/mol. The van der Waals surface area contributed by atoms with Crippen LogP contribution in [0.15, 0.2) is 18.2 Å². The molecule has 0 amide bonds. The Labute approximate surface area is 128 Å². The minimum Gasteiger partial charge on any atom is -0.387 e. The van der Waals surface area contributed by atoms with Crippen LogP contribution in [0.3, 0.4) is 0 Å². The molecule has 1 aliphatic rings. The van der Waals surface area contributed by atoms with Crippen LogP contribution in [0.2, 0.25) is 0 Å². The van der Waals surface area contributed by atoms with Crippen molar-refractivity contribution in [3.63, 3.8) is 0 Å². The molecule has 0 radical (unpaired) electrons. The maximum absolute atomic E-state index is 10.1. The highest BCUT2D eigenvalue weighted by Gasteiger charge is 2.36. The molecule has 2 N–H and O–H groups in total. The molecule has 0 aliphatic heterocycles. The summed E-state index contributed by atoms with van der Waals surface area (Å²) in [5, 5.41) is 10.1. The Morgan fingerprint density at radius 1 is 1.24 bits per heavy atom. The molecule has 0 heterocycles. The maximum Gasteiger partial charge on any atom is 0.112 e. The van der Waals surface area contributed by atoms with Crippen molar-refractivity contribution in [2.24, 2.45) is 5.92 Å². The number of aryl methyl sites for hydroxylation is 1. The quantitative estimate of drug-likeness (QED) is 0.817. The van der Waals surface area contributed by atoms with Gasteiger partial charge in [-0.05, 0) is 69.6 Å². The molecule has 1 aromatic rings. The summed E-state index contributed by atoms with van der Waals surface area (Å²) in [6.45, 7) is 10.3. The smallest absolute Gasteiger partial charge is 0.112 e. The van der Waals surface area contributed by atoms with Gasteiger partial charge in [-0.15, -0.1) is 0 Å². The third-order valence-electron chi connectivity index (χ3n) is 4.82. The molecule has 1 aliphatic carbocycles. The second-order valence-corrected chi connectivity index (χ2v) is 7.44. The van der Waals surface area contributed by atoms with Crippen LogP contribution in [0.4, 0.5) is 0 Å². The fourth-order valence-corrected chi connectivity index (χ4v) is 2.53. The summed E-state index contributed by atoms with van der Waals surface area (Å²) in [5.41, 5.74) is 5.67. The maximum atomic E-state index is 10.1. The highest BCUT2D eigenvalue weighted by atomic mass is 16.7. The Morgan fingerprint density at radius 2 is 1.95 bits per heavy atom. The fraction of sp³-hybridized carbons (Fsp3) is 0.667. The van der Waals surface area contributed by atoms with E-state index in [1.165, 1.54) is 36.0 Å². The Kier molecular flexibility index (Phi) is 4.76. The first-order valence-corrected chi connectivity index (χ1v) is 7.93. The number of fused-ring (bicyclic) bond motifs is 1. The molecule has 1 aromatic carbocycles. The summed E-state index contributed by atoms with van der Waals surface area (Å²) < 4.78 is 0. The molecule has 0 bridgehead atoms. The van der Waals surface area contributed by atoms with E-state index in [1.807, 2.05) is 13.8 Å². The molecule has 2 rings (SSSR count). The molecule has 3 heteroatoms. The highest BCUT2D eigenvalue weighted by molar-refractivity contribution is 5.34. The van der Waals surface area contributed by atoms with E-state index in [2.05, 4.69) is 30.6 Å². The van der Waals surface area contributed by atoms with Gasteiger partial charge >= 0.3 is 0 Å². The van der Waals surface area contributed by atoms with Crippen LogP contribution in [-0.4, -0.2) is 16.3 Å². The molecule has 0 spiro atoms. The van der Waals surface area contributed by atoms with Gasteiger partial charge in [-0.1, -0.05) is 25.1 Å². The zero-order valence-corrected chi connectivity index (χ0v) is 14.0. The summed E-state index contributed by atoms with van der Waals surface area (Å²) >= 11 is 0. The number of rotatable bonds is 5. The molecule has 21 heavy (non-hydrogen) atoms. The topological polar surface area (TPSA) is 41.5 Å². The van der Waals surface area contributed by atoms with Crippen molar-refractivity contribution < 1.29 is 9.94 Å². The number of hydroxylamine groups is 1. The summed E-state index contributed by atoms with van der Waals surface area (Å²) in [6.07, 6.45) is 3.68. The predicted octanol–water partition coefficient (Wildman–Crippen LogP) is 3.38. The van der Waals surface area contributed by atoms with Gasteiger partial charge in [-0.2, -0.15) is 5.48 Å². The lowest BCUT2D eigenvalue weighted by Crippen LogP contribution is -2.49. The lowest BCUT2D eigenvalue weighted by atomic mass is 9.84. The van der Waals surface area contributed by atoms with Gasteiger partial charge < -0.3 is 5.11 Å². The van der Waals surface area contributed by atoms with Crippen LogP contribution in [0.1, 0.15) is 57.7 Å². The minimum atomic E-state index is -0.898. The van der Waals surface area contributed by atoms with Gasteiger partial charge in [0.1, 0.15) is 5.60 Å². The average Bonchev–Trinajstić information content (AvgIpc) is 2.36. The molecule has 118 valence electrons. The number of benzene rings is 1. The Bertz CT molecular complexity index is 488. The van der Waals surface area contributed by atoms with Crippen LogP contribution in [-0.2, 0) is 24.2 Å². The van der Waals surface area contributed by atoms with Crippen LogP contribution in [0.5, 0.6) is 0 Å². The van der Waals surface area contributed by atoms with E-state index in [-0.39, 0.29) is 0 Å². The van der Waals surface area contributed by atoms with Crippen molar-refractivity contribution in [2.45, 2.75) is 71.6 Å². The molecule has 1 atom stereocenters. The molecule has 1 unspecified atom stereocenters. The van der Waals surface area contributed by atoms with Crippen molar-refractivity contribution >= 4 is 0 Å². The lowest BCUT2D eigenvalue weighted by molar-refractivity contribution is -0.184. The van der Waals surface area contributed by atoms with E-state index in [1.54, 1.807) is 13.8 Å². The molecule has 3 nitrogen and oxygen atoms in total. The molecule has 0 saturated heterocycles. The third kappa shape index (κ3) is 4.06. The van der Waals surface area contributed by atoms with E-state index in [4.69, 9.17) is 4.84 Å². The summed E-state index contributed by atoms with van der Waals surface area (Å²) in [4.78, 5) is 5.66. The van der Waals surface area contributed by atoms with Gasteiger partial charge in [0.2, 0.25) is 0 Å². The minimum absolute atomic E-state index is 0.643. The summed E-state index contributed by atoms with van der Waals surface area (Å²) in [6, 6.07) is 6.71. The summed E-state index contributed by atoms with van der Waals surface area (Å²) in [7, 11) is 0. The molecule has 0 aromatic heterocycles. The first kappa shape index (κ1) is 16.5. The monoisotopic (exact) mass is 291 g/mol. The fourth-order valence-electron chi connectivity index (χ4n) is 2.53. The highest BCUT2D eigenvalue weighted by Crippen LogP contribution is 2.26. The van der Waals surface area contributed by atoms with Crippen molar-refractivity contribution in [3.8, 4) is 0 Å². The van der Waals surface area contributed by atoms with Crippen molar-refractivity contribution in [2.75, 3.05) is 0 Å². The second kappa shape index (κ2) is 6.07. The van der Waals surface area contributed by atoms with E-state index in [0.717, 1.165) is 5.92 Å². The molecular weight excluding hydrogens is 262 g/mol. The molecular formula is C18H29NO2. The SMILES string of the molecule is CC1CCc2ccc(CNOC(C)(C)C(C)(C)O)cc2C1. The number of nitrogens with one attached hydrogen (secondary N) is 1. The second-order valence-electron chi connectivity index (χ2n) is 7.44. The lowest BCUT2D eigenvalue weighted by Gasteiger charge is -2.36.